The highest BCUT2D eigenvalue weighted by atomic mass is 32.2. The van der Waals surface area contributed by atoms with E-state index in [1.165, 1.54) is 18.2 Å². The average molecular weight is 338 g/mol. The van der Waals surface area contributed by atoms with E-state index in [-0.39, 0.29) is 15.8 Å². The van der Waals surface area contributed by atoms with Gasteiger partial charge in [-0.3, -0.25) is 10.1 Å². The second-order valence-corrected chi connectivity index (χ2v) is 5.89. The summed E-state index contributed by atoms with van der Waals surface area (Å²) >= 11 is 0.958. The van der Waals surface area contributed by atoms with E-state index >= 15 is 0 Å². The molecular weight excluding hydrogens is 328 g/mol. The number of nitriles is 1. The molecule has 24 heavy (non-hydrogen) atoms. The van der Waals surface area contributed by atoms with E-state index in [0.717, 1.165) is 22.9 Å². The molecule has 0 aliphatic carbocycles. The van der Waals surface area contributed by atoms with Crippen LogP contribution in [0.3, 0.4) is 0 Å². The molecule has 3 rings (SSSR count). The molecule has 0 N–H and O–H groups in total. The molecule has 1 aromatic heterocycles. The van der Waals surface area contributed by atoms with Crippen LogP contribution < -0.4 is 0 Å². The normalized spacial score (nSPS) is 10.3. The summed E-state index contributed by atoms with van der Waals surface area (Å²) in [4.78, 5) is 10.9. The summed E-state index contributed by atoms with van der Waals surface area (Å²) in [7, 11) is 0. The van der Waals surface area contributed by atoms with Crippen molar-refractivity contribution in [2.45, 2.75) is 17.0 Å². The van der Waals surface area contributed by atoms with Crippen molar-refractivity contribution in [1.29, 1.82) is 5.26 Å². The smallest absolute Gasteiger partial charge is 0.283 e. The van der Waals surface area contributed by atoms with Crippen LogP contribution in [0.5, 0.6) is 0 Å². The van der Waals surface area contributed by atoms with E-state index in [1.54, 1.807) is 0 Å². The lowest BCUT2D eigenvalue weighted by Crippen LogP contribution is -1.91. The topological polar surface area (TPSA) is 106 Å². The van der Waals surface area contributed by atoms with Gasteiger partial charge < -0.3 is 4.42 Å². The molecule has 0 radical (unpaired) electrons. The second kappa shape index (κ2) is 6.52. The SMILES string of the molecule is Cc1ccc(-c2nnc(Sc3cc(C#N)ccc3[N+](=O)[O-])o2)cc1. The van der Waals surface area contributed by atoms with Crippen molar-refractivity contribution >= 4 is 17.4 Å². The van der Waals surface area contributed by atoms with Gasteiger partial charge >= 0.3 is 0 Å². The Morgan fingerprint density at radius 3 is 2.62 bits per heavy atom. The predicted molar refractivity (Wildman–Crippen MR) is 86.4 cm³/mol. The first kappa shape index (κ1) is 15.7. The summed E-state index contributed by atoms with van der Waals surface area (Å²) < 4.78 is 5.56. The molecule has 0 bridgehead atoms. The fraction of sp³-hybridized carbons (Fsp3) is 0.0625. The van der Waals surface area contributed by atoms with Crippen LogP contribution in [0.25, 0.3) is 11.5 Å². The van der Waals surface area contributed by atoms with Crippen molar-refractivity contribution < 1.29 is 9.34 Å². The van der Waals surface area contributed by atoms with Gasteiger partial charge in [0, 0.05) is 11.6 Å². The maximum atomic E-state index is 11.1. The average Bonchev–Trinajstić information content (AvgIpc) is 3.03. The van der Waals surface area contributed by atoms with Gasteiger partial charge in [-0.15, -0.1) is 10.2 Å². The minimum Gasteiger partial charge on any atom is -0.411 e. The first-order chi connectivity index (χ1) is 11.6. The Labute approximate surface area is 141 Å². The third kappa shape index (κ3) is 3.26. The molecule has 0 atom stereocenters. The Kier molecular flexibility index (Phi) is 4.26. The van der Waals surface area contributed by atoms with E-state index < -0.39 is 4.92 Å². The number of benzene rings is 2. The molecular formula is C16H10N4O3S. The van der Waals surface area contributed by atoms with E-state index in [9.17, 15) is 10.1 Å². The highest BCUT2D eigenvalue weighted by Gasteiger charge is 2.19. The molecule has 0 saturated heterocycles. The van der Waals surface area contributed by atoms with E-state index in [2.05, 4.69) is 10.2 Å². The van der Waals surface area contributed by atoms with Gasteiger partial charge in [-0.25, -0.2) is 0 Å². The van der Waals surface area contributed by atoms with Crippen molar-refractivity contribution in [2.75, 3.05) is 0 Å². The number of nitrogens with zero attached hydrogens (tertiary/aromatic N) is 4. The van der Waals surface area contributed by atoms with Crippen LogP contribution >= 0.6 is 11.8 Å². The number of rotatable bonds is 4. The highest BCUT2D eigenvalue weighted by molar-refractivity contribution is 7.99. The molecule has 1 heterocycles. The fourth-order valence-electron chi connectivity index (χ4n) is 1.97. The summed E-state index contributed by atoms with van der Waals surface area (Å²) in [6.45, 7) is 1.97. The van der Waals surface area contributed by atoms with Crippen LogP contribution in [0.15, 0.2) is 57.0 Å². The number of hydrogen-bond acceptors (Lipinski definition) is 7. The van der Waals surface area contributed by atoms with Gasteiger partial charge in [-0.05, 0) is 43.0 Å². The molecule has 0 spiro atoms. The zero-order valence-corrected chi connectivity index (χ0v) is 13.3. The molecule has 0 unspecified atom stereocenters. The molecule has 2 aromatic carbocycles. The van der Waals surface area contributed by atoms with E-state index in [0.29, 0.717) is 11.5 Å². The first-order valence-electron chi connectivity index (χ1n) is 6.84. The van der Waals surface area contributed by atoms with Crippen LogP contribution in [-0.4, -0.2) is 15.1 Å². The zero-order valence-electron chi connectivity index (χ0n) is 12.5. The summed E-state index contributed by atoms with van der Waals surface area (Å²) in [5, 5.41) is 28.1. The number of nitro groups is 1. The molecule has 0 aliphatic rings. The van der Waals surface area contributed by atoms with E-state index in [1.807, 2.05) is 37.3 Å². The molecule has 8 heteroatoms. The molecule has 0 fully saturated rings. The van der Waals surface area contributed by atoms with Gasteiger partial charge in [-0.2, -0.15) is 5.26 Å². The number of nitro benzene ring substituents is 1. The standard InChI is InChI=1S/C16H10N4O3S/c1-10-2-5-12(6-3-10)15-18-19-16(23-15)24-14-8-11(9-17)4-7-13(14)20(21)22/h2-8H,1H3. The van der Waals surface area contributed by atoms with Gasteiger partial charge in [0.05, 0.1) is 21.5 Å². The van der Waals surface area contributed by atoms with Crippen molar-refractivity contribution in [3.05, 3.63) is 63.7 Å². The summed E-state index contributed by atoms with van der Waals surface area (Å²) in [5.41, 5.74) is 2.08. The van der Waals surface area contributed by atoms with Gasteiger partial charge in [-0.1, -0.05) is 17.7 Å². The lowest BCUT2D eigenvalue weighted by atomic mass is 10.1. The van der Waals surface area contributed by atoms with Crippen molar-refractivity contribution in [1.82, 2.24) is 10.2 Å². The Hall–Kier alpha value is -3.18. The van der Waals surface area contributed by atoms with E-state index in [4.69, 9.17) is 9.68 Å². The quantitative estimate of drug-likeness (QED) is 0.523. The largest absolute Gasteiger partial charge is 0.411 e. The summed E-state index contributed by atoms with van der Waals surface area (Å²) in [6, 6.07) is 13.6. The second-order valence-electron chi connectivity index (χ2n) is 4.89. The monoisotopic (exact) mass is 338 g/mol. The maximum absolute atomic E-state index is 11.1. The van der Waals surface area contributed by atoms with Crippen molar-refractivity contribution in [2.24, 2.45) is 0 Å². The van der Waals surface area contributed by atoms with Crippen molar-refractivity contribution in [3.63, 3.8) is 0 Å². The minimum atomic E-state index is -0.513. The number of hydrogen-bond donors (Lipinski definition) is 0. The fourth-order valence-corrected chi connectivity index (χ4v) is 2.80. The maximum Gasteiger partial charge on any atom is 0.283 e. The Morgan fingerprint density at radius 1 is 1.21 bits per heavy atom. The molecule has 3 aromatic rings. The number of aromatic nitrogens is 2. The third-order valence-corrected chi connectivity index (χ3v) is 4.07. The molecule has 7 nitrogen and oxygen atoms in total. The Morgan fingerprint density at radius 2 is 1.96 bits per heavy atom. The lowest BCUT2D eigenvalue weighted by Gasteiger charge is -2.00. The van der Waals surface area contributed by atoms with Gasteiger partial charge in [0.25, 0.3) is 10.9 Å². The Balaban J connectivity index is 1.91. The summed E-state index contributed by atoms with van der Waals surface area (Å²) in [5.74, 6) is 0.330. The number of aryl methyl sites for hydroxylation is 1. The minimum absolute atomic E-state index is 0.117. The molecule has 0 aliphatic heterocycles. The van der Waals surface area contributed by atoms with Crippen LogP contribution in [-0.2, 0) is 0 Å². The molecule has 0 saturated carbocycles. The van der Waals surface area contributed by atoms with Gasteiger partial charge in [0.2, 0.25) is 5.89 Å². The van der Waals surface area contributed by atoms with Crippen LogP contribution in [0, 0.1) is 28.4 Å². The van der Waals surface area contributed by atoms with Gasteiger partial charge in [0.1, 0.15) is 0 Å². The van der Waals surface area contributed by atoms with Crippen LogP contribution in [0.2, 0.25) is 0 Å². The predicted octanol–water partition coefficient (Wildman–Crippen LogP) is 3.98. The summed E-state index contributed by atoms with van der Waals surface area (Å²) in [6.07, 6.45) is 0. The first-order valence-corrected chi connectivity index (χ1v) is 7.65. The molecule has 118 valence electrons. The third-order valence-electron chi connectivity index (χ3n) is 3.19. The zero-order chi connectivity index (χ0) is 17.1. The van der Waals surface area contributed by atoms with Crippen LogP contribution in [0.1, 0.15) is 11.1 Å². The highest BCUT2D eigenvalue weighted by Crippen LogP contribution is 2.35. The Bertz CT molecular complexity index is 945. The lowest BCUT2D eigenvalue weighted by molar-refractivity contribution is -0.387. The van der Waals surface area contributed by atoms with Gasteiger partial charge in [0.15, 0.2) is 0 Å². The molecule has 0 amide bonds. The van der Waals surface area contributed by atoms with Crippen LogP contribution in [0.4, 0.5) is 5.69 Å². The van der Waals surface area contributed by atoms with Crippen molar-refractivity contribution in [3.8, 4) is 17.5 Å².